The minimum atomic E-state index is 0.350. The predicted molar refractivity (Wildman–Crippen MR) is 137 cm³/mol. The number of methoxy groups -OCH3 is 1. The summed E-state index contributed by atoms with van der Waals surface area (Å²) in [5.74, 6) is 1.87. The number of fused-ring (bicyclic) bond motifs is 1. The molecule has 8 nitrogen and oxygen atoms in total. The van der Waals surface area contributed by atoms with Gasteiger partial charge in [0.05, 0.1) is 18.3 Å². The van der Waals surface area contributed by atoms with Gasteiger partial charge in [-0.15, -0.1) is 11.3 Å². The number of hydrogen-bond acceptors (Lipinski definition) is 9. The van der Waals surface area contributed by atoms with E-state index in [1.165, 1.54) is 6.33 Å². The first-order valence-electron chi connectivity index (χ1n) is 11.0. The van der Waals surface area contributed by atoms with Crippen LogP contribution in [-0.2, 0) is 6.61 Å². The van der Waals surface area contributed by atoms with Gasteiger partial charge in [0.15, 0.2) is 16.6 Å². The molecular formula is C24H25ClN6O2S. The minimum absolute atomic E-state index is 0.350. The lowest BCUT2D eigenvalue weighted by atomic mass is 10.2. The zero-order chi connectivity index (χ0) is 23.5. The second kappa shape index (κ2) is 10.0. The van der Waals surface area contributed by atoms with Crippen molar-refractivity contribution in [1.82, 2.24) is 20.3 Å². The van der Waals surface area contributed by atoms with Crippen molar-refractivity contribution in [2.24, 2.45) is 0 Å². The Morgan fingerprint density at radius 2 is 2.00 bits per heavy atom. The number of anilines is 3. The van der Waals surface area contributed by atoms with E-state index in [9.17, 15) is 0 Å². The number of halogens is 1. The SMILES string of the molecule is COc1cc2c(Nc3ccc(C)c(Cl)c3)ncnc2cc1OCc1csc(N2CCNCC2)n1. The van der Waals surface area contributed by atoms with Crippen molar-refractivity contribution in [3.8, 4) is 11.5 Å². The lowest BCUT2D eigenvalue weighted by Crippen LogP contribution is -2.43. The Kier molecular flexibility index (Phi) is 6.66. The third-order valence-corrected chi connectivity index (χ3v) is 7.02. The number of ether oxygens (including phenoxy) is 2. The van der Waals surface area contributed by atoms with Crippen LogP contribution in [0, 0.1) is 6.92 Å². The van der Waals surface area contributed by atoms with E-state index < -0.39 is 0 Å². The molecule has 176 valence electrons. The fraction of sp³-hybridized carbons (Fsp3) is 0.292. The first-order chi connectivity index (χ1) is 16.6. The van der Waals surface area contributed by atoms with Crippen LogP contribution in [0.3, 0.4) is 0 Å². The Balaban J connectivity index is 1.36. The zero-order valence-electron chi connectivity index (χ0n) is 19.0. The number of rotatable bonds is 7. The zero-order valence-corrected chi connectivity index (χ0v) is 20.5. The number of hydrogen-bond donors (Lipinski definition) is 2. The van der Waals surface area contributed by atoms with Gasteiger partial charge >= 0.3 is 0 Å². The van der Waals surface area contributed by atoms with E-state index in [1.807, 2.05) is 42.6 Å². The second-order valence-electron chi connectivity index (χ2n) is 7.98. The van der Waals surface area contributed by atoms with E-state index in [4.69, 9.17) is 26.1 Å². The minimum Gasteiger partial charge on any atom is -0.493 e. The monoisotopic (exact) mass is 496 g/mol. The molecule has 1 aliphatic heterocycles. The number of nitrogens with one attached hydrogen (secondary N) is 2. The van der Waals surface area contributed by atoms with E-state index in [1.54, 1.807) is 18.4 Å². The highest BCUT2D eigenvalue weighted by atomic mass is 35.5. The standard InChI is InChI=1S/C24H25ClN6O2S/c1-15-3-4-16(9-19(15)25)29-23-18-10-21(32-2)22(11-20(18)27-14-28-23)33-12-17-13-34-24(30-17)31-7-5-26-6-8-31/h3-4,9-11,13-14,26H,5-8,12H2,1-2H3,(H,27,28,29). The Hall–Kier alpha value is -3.14. The molecule has 2 aromatic heterocycles. The van der Waals surface area contributed by atoms with Crippen LogP contribution in [0.5, 0.6) is 11.5 Å². The van der Waals surface area contributed by atoms with Gasteiger partial charge in [-0.3, -0.25) is 0 Å². The maximum Gasteiger partial charge on any atom is 0.185 e. The van der Waals surface area contributed by atoms with Crippen molar-refractivity contribution in [3.05, 3.63) is 58.3 Å². The van der Waals surface area contributed by atoms with E-state index in [-0.39, 0.29) is 0 Å². The number of nitrogens with zero attached hydrogens (tertiary/aromatic N) is 4. The van der Waals surface area contributed by atoms with E-state index >= 15 is 0 Å². The lowest BCUT2D eigenvalue weighted by Gasteiger charge is -2.26. The summed E-state index contributed by atoms with van der Waals surface area (Å²) in [6.45, 7) is 6.22. The van der Waals surface area contributed by atoms with E-state index in [2.05, 4.69) is 25.5 Å². The summed E-state index contributed by atoms with van der Waals surface area (Å²) in [6, 6.07) is 9.56. The van der Waals surface area contributed by atoms with Crippen LogP contribution < -0.4 is 25.0 Å². The molecule has 3 heterocycles. The summed E-state index contributed by atoms with van der Waals surface area (Å²) in [5, 5.41) is 11.3. The number of aryl methyl sites for hydroxylation is 1. The van der Waals surface area contributed by atoms with Crippen molar-refractivity contribution >= 4 is 50.5 Å². The molecule has 1 fully saturated rings. The fourth-order valence-corrected chi connectivity index (χ4v) is 4.80. The number of benzene rings is 2. The topological polar surface area (TPSA) is 84.4 Å². The molecule has 0 radical (unpaired) electrons. The molecular weight excluding hydrogens is 472 g/mol. The van der Waals surface area contributed by atoms with Crippen LogP contribution in [0.4, 0.5) is 16.6 Å². The summed E-state index contributed by atoms with van der Waals surface area (Å²) in [4.78, 5) is 15.9. The van der Waals surface area contributed by atoms with E-state index in [0.717, 1.165) is 59.2 Å². The van der Waals surface area contributed by atoms with Gasteiger partial charge in [0, 0.05) is 53.7 Å². The van der Waals surface area contributed by atoms with Gasteiger partial charge in [0.25, 0.3) is 0 Å². The molecule has 0 amide bonds. The van der Waals surface area contributed by atoms with Crippen molar-refractivity contribution in [2.75, 3.05) is 43.5 Å². The highest BCUT2D eigenvalue weighted by Gasteiger charge is 2.16. The van der Waals surface area contributed by atoms with Gasteiger partial charge in [-0.05, 0) is 30.7 Å². The molecule has 0 saturated carbocycles. The van der Waals surface area contributed by atoms with Gasteiger partial charge in [-0.1, -0.05) is 17.7 Å². The highest BCUT2D eigenvalue weighted by molar-refractivity contribution is 7.13. The van der Waals surface area contributed by atoms with Crippen LogP contribution >= 0.6 is 22.9 Å². The van der Waals surface area contributed by atoms with Gasteiger partial charge in [0.1, 0.15) is 18.8 Å². The average molecular weight is 497 g/mol. The van der Waals surface area contributed by atoms with Crippen LogP contribution in [-0.4, -0.2) is 48.2 Å². The van der Waals surface area contributed by atoms with Gasteiger partial charge in [-0.25, -0.2) is 15.0 Å². The maximum absolute atomic E-state index is 6.28. The van der Waals surface area contributed by atoms with E-state index in [0.29, 0.717) is 28.9 Å². The molecule has 2 N–H and O–H groups in total. The largest absolute Gasteiger partial charge is 0.493 e. The number of aromatic nitrogens is 3. The molecule has 0 unspecified atom stereocenters. The quantitative estimate of drug-likeness (QED) is 0.378. The first-order valence-corrected chi connectivity index (χ1v) is 12.3. The molecule has 0 aliphatic carbocycles. The smallest absolute Gasteiger partial charge is 0.185 e. The highest BCUT2D eigenvalue weighted by Crippen LogP contribution is 2.35. The van der Waals surface area contributed by atoms with Crippen LogP contribution in [0.1, 0.15) is 11.3 Å². The first kappa shape index (κ1) is 22.6. The van der Waals surface area contributed by atoms with Gasteiger partial charge < -0.3 is 25.0 Å². The summed E-state index contributed by atoms with van der Waals surface area (Å²) >= 11 is 7.92. The molecule has 1 aliphatic rings. The van der Waals surface area contributed by atoms with Gasteiger partial charge in [0.2, 0.25) is 0 Å². The number of thiazole rings is 1. The molecule has 4 aromatic rings. The molecule has 5 rings (SSSR count). The summed E-state index contributed by atoms with van der Waals surface area (Å²) in [6.07, 6.45) is 1.52. The predicted octanol–water partition coefficient (Wildman–Crippen LogP) is 4.79. The molecule has 2 aromatic carbocycles. The van der Waals surface area contributed by atoms with Crippen LogP contribution in [0.25, 0.3) is 10.9 Å². The summed E-state index contributed by atoms with van der Waals surface area (Å²) < 4.78 is 11.7. The van der Waals surface area contributed by atoms with Crippen molar-refractivity contribution in [3.63, 3.8) is 0 Å². The van der Waals surface area contributed by atoms with Crippen LogP contribution in [0.15, 0.2) is 42.0 Å². The summed E-state index contributed by atoms with van der Waals surface area (Å²) in [7, 11) is 1.62. The molecule has 10 heteroatoms. The number of piperazine rings is 1. The lowest BCUT2D eigenvalue weighted by molar-refractivity contribution is 0.282. The third-order valence-electron chi connectivity index (χ3n) is 5.66. The Labute approximate surface area is 206 Å². The summed E-state index contributed by atoms with van der Waals surface area (Å²) in [5.41, 5.74) is 3.50. The Morgan fingerprint density at radius 3 is 2.79 bits per heavy atom. The Morgan fingerprint density at radius 1 is 1.15 bits per heavy atom. The van der Waals surface area contributed by atoms with Crippen molar-refractivity contribution in [1.29, 1.82) is 0 Å². The second-order valence-corrected chi connectivity index (χ2v) is 9.22. The van der Waals surface area contributed by atoms with Crippen molar-refractivity contribution in [2.45, 2.75) is 13.5 Å². The molecule has 34 heavy (non-hydrogen) atoms. The van der Waals surface area contributed by atoms with Crippen LogP contribution in [0.2, 0.25) is 5.02 Å². The molecule has 0 atom stereocenters. The molecule has 0 bridgehead atoms. The fourth-order valence-electron chi connectivity index (χ4n) is 3.76. The molecule has 1 saturated heterocycles. The van der Waals surface area contributed by atoms with Crippen molar-refractivity contribution < 1.29 is 9.47 Å². The Bertz CT molecular complexity index is 1310. The average Bonchev–Trinajstić information content (AvgIpc) is 3.34. The normalized spacial score (nSPS) is 13.8. The maximum atomic E-state index is 6.28. The van der Waals surface area contributed by atoms with Gasteiger partial charge in [-0.2, -0.15) is 0 Å². The third kappa shape index (κ3) is 4.86. The molecule has 0 spiro atoms.